The minimum atomic E-state index is -0.381. The summed E-state index contributed by atoms with van der Waals surface area (Å²) < 4.78 is 12.0. The first-order chi connectivity index (χ1) is 13.0. The van der Waals surface area contributed by atoms with E-state index in [1.165, 1.54) is 11.3 Å². The van der Waals surface area contributed by atoms with Crippen LogP contribution in [0.3, 0.4) is 0 Å². The Labute approximate surface area is 159 Å². The van der Waals surface area contributed by atoms with E-state index < -0.39 is 0 Å². The summed E-state index contributed by atoms with van der Waals surface area (Å²) in [6.07, 6.45) is 0. The number of carbonyl (C=O) groups excluding carboxylic acids is 1. The van der Waals surface area contributed by atoms with Crippen molar-refractivity contribution >= 4 is 27.5 Å². The zero-order chi connectivity index (χ0) is 19.4. The smallest absolute Gasteiger partial charge is 0.294 e. The van der Waals surface area contributed by atoms with Gasteiger partial charge in [-0.3, -0.25) is 9.59 Å². The van der Waals surface area contributed by atoms with Gasteiger partial charge in [-0.15, -0.1) is 11.3 Å². The first-order valence-corrected chi connectivity index (χ1v) is 9.13. The van der Waals surface area contributed by atoms with E-state index in [4.69, 9.17) is 9.47 Å². The average Bonchev–Trinajstić information content (AvgIpc) is 3.06. The number of aromatic nitrogens is 3. The molecule has 9 heteroatoms. The number of carbonyl (C=O) groups is 1. The summed E-state index contributed by atoms with van der Waals surface area (Å²) in [5.74, 6) is 0.412. The molecule has 2 heterocycles. The highest BCUT2D eigenvalue weighted by atomic mass is 32.1. The Balaban J connectivity index is 2.03. The Morgan fingerprint density at radius 2 is 2.00 bits per heavy atom. The number of benzene rings is 1. The molecule has 0 bridgehead atoms. The fraction of sp³-hybridized carbons (Fsp3) is 0.333. The fourth-order valence-corrected chi connectivity index (χ4v) is 3.51. The molecule has 0 aliphatic carbocycles. The number of hydrogen-bond donors (Lipinski definition) is 1. The third-order valence-electron chi connectivity index (χ3n) is 3.89. The van der Waals surface area contributed by atoms with Gasteiger partial charge in [0.1, 0.15) is 18.0 Å². The molecule has 3 aromatic rings. The Morgan fingerprint density at radius 3 is 2.67 bits per heavy atom. The molecule has 0 aliphatic rings. The van der Waals surface area contributed by atoms with Crippen LogP contribution in [0.2, 0.25) is 0 Å². The molecule has 0 unspecified atom stereocenters. The van der Waals surface area contributed by atoms with Crippen LogP contribution in [0.25, 0.3) is 21.5 Å². The second-order valence-electron chi connectivity index (χ2n) is 5.79. The SMILES string of the molecule is COCCNC(=O)Cn1nc(-c2ccc(OC)cc2)c2sc(C)nc2c1=O. The lowest BCUT2D eigenvalue weighted by molar-refractivity contribution is -0.122. The maximum absolute atomic E-state index is 12.7. The van der Waals surface area contributed by atoms with E-state index in [0.717, 1.165) is 21.0 Å². The second kappa shape index (κ2) is 8.28. The molecule has 1 N–H and O–H groups in total. The van der Waals surface area contributed by atoms with Crippen molar-refractivity contribution < 1.29 is 14.3 Å². The third kappa shape index (κ3) is 4.15. The number of fused-ring (bicyclic) bond motifs is 1. The van der Waals surface area contributed by atoms with Crippen molar-refractivity contribution in [1.29, 1.82) is 0 Å². The van der Waals surface area contributed by atoms with Crippen LogP contribution < -0.4 is 15.6 Å². The molecule has 2 aromatic heterocycles. The molecule has 142 valence electrons. The number of nitrogens with one attached hydrogen (secondary N) is 1. The monoisotopic (exact) mass is 388 g/mol. The summed E-state index contributed by atoms with van der Waals surface area (Å²) in [5.41, 5.74) is 1.37. The number of rotatable bonds is 7. The number of ether oxygens (including phenoxy) is 2. The molecule has 3 rings (SSSR count). The van der Waals surface area contributed by atoms with Crippen molar-refractivity contribution in [3.8, 4) is 17.0 Å². The van der Waals surface area contributed by atoms with E-state index in [9.17, 15) is 9.59 Å². The highest BCUT2D eigenvalue weighted by Gasteiger charge is 2.17. The van der Waals surface area contributed by atoms with E-state index in [-0.39, 0.29) is 18.0 Å². The van der Waals surface area contributed by atoms with E-state index in [1.807, 2.05) is 31.2 Å². The summed E-state index contributed by atoms with van der Waals surface area (Å²) >= 11 is 1.41. The maximum atomic E-state index is 12.7. The summed E-state index contributed by atoms with van der Waals surface area (Å²) in [4.78, 5) is 29.2. The average molecular weight is 388 g/mol. The molecule has 1 aromatic carbocycles. The highest BCUT2D eigenvalue weighted by Crippen LogP contribution is 2.30. The third-order valence-corrected chi connectivity index (χ3v) is 4.87. The van der Waals surface area contributed by atoms with Crippen LogP contribution in [0.5, 0.6) is 5.75 Å². The second-order valence-corrected chi connectivity index (χ2v) is 7.00. The summed E-state index contributed by atoms with van der Waals surface area (Å²) in [6, 6.07) is 7.37. The standard InChI is InChI=1S/C18H20N4O4S/c1-11-20-16-17(27-11)15(12-4-6-13(26-3)7-5-12)21-22(18(16)24)10-14(23)19-8-9-25-2/h4-7H,8-10H2,1-3H3,(H,19,23). The first kappa shape index (κ1) is 19.0. The van der Waals surface area contributed by atoms with Gasteiger partial charge in [-0.1, -0.05) is 0 Å². The number of methoxy groups -OCH3 is 2. The molecule has 27 heavy (non-hydrogen) atoms. The van der Waals surface area contributed by atoms with E-state index >= 15 is 0 Å². The topological polar surface area (TPSA) is 95.3 Å². The molecule has 0 aliphatic heterocycles. The van der Waals surface area contributed by atoms with Gasteiger partial charge < -0.3 is 14.8 Å². The van der Waals surface area contributed by atoms with Crippen LogP contribution in [-0.4, -0.2) is 48.0 Å². The maximum Gasteiger partial charge on any atom is 0.294 e. The lowest BCUT2D eigenvalue weighted by Crippen LogP contribution is -2.35. The van der Waals surface area contributed by atoms with Crippen LogP contribution in [0.15, 0.2) is 29.1 Å². The van der Waals surface area contributed by atoms with E-state index in [1.54, 1.807) is 14.2 Å². The molecule has 0 saturated heterocycles. The number of nitrogens with zero attached hydrogens (tertiary/aromatic N) is 3. The molecule has 0 radical (unpaired) electrons. The summed E-state index contributed by atoms with van der Waals surface area (Å²) in [7, 11) is 3.15. The van der Waals surface area contributed by atoms with Crippen LogP contribution in [0.4, 0.5) is 0 Å². The van der Waals surface area contributed by atoms with E-state index in [0.29, 0.717) is 29.1 Å². The van der Waals surface area contributed by atoms with Gasteiger partial charge in [-0.2, -0.15) is 5.10 Å². The Bertz CT molecular complexity index is 1010. The Morgan fingerprint density at radius 1 is 1.26 bits per heavy atom. The summed E-state index contributed by atoms with van der Waals surface area (Å²) in [5, 5.41) is 7.90. The van der Waals surface area contributed by atoms with Gasteiger partial charge in [0, 0.05) is 19.2 Å². The Hall–Kier alpha value is -2.78. The van der Waals surface area contributed by atoms with E-state index in [2.05, 4.69) is 15.4 Å². The quantitative estimate of drug-likeness (QED) is 0.618. The van der Waals surface area contributed by atoms with Gasteiger partial charge in [0.05, 0.1) is 23.4 Å². The molecule has 0 spiro atoms. The van der Waals surface area contributed by atoms with Gasteiger partial charge >= 0.3 is 0 Å². The molecule has 0 atom stereocenters. The zero-order valence-electron chi connectivity index (χ0n) is 15.3. The molecule has 0 saturated carbocycles. The minimum Gasteiger partial charge on any atom is -0.497 e. The Kier molecular flexibility index (Phi) is 5.82. The lowest BCUT2D eigenvalue weighted by Gasteiger charge is -2.09. The molecular weight excluding hydrogens is 368 g/mol. The number of hydrogen-bond acceptors (Lipinski definition) is 7. The van der Waals surface area contributed by atoms with Crippen molar-refractivity contribution in [2.45, 2.75) is 13.5 Å². The highest BCUT2D eigenvalue weighted by molar-refractivity contribution is 7.19. The van der Waals surface area contributed by atoms with Crippen LogP contribution in [0, 0.1) is 6.92 Å². The van der Waals surface area contributed by atoms with Crippen molar-refractivity contribution in [3.63, 3.8) is 0 Å². The molecule has 0 fully saturated rings. The van der Waals surface area contributed by atoms with Crippen LogP contribution in [-0.2, 0) is 16.1 Å². The van der Waals surface area contributed by atoms with Gasteiger partial charge in [0.15, 0.2) is 5.52 Å². The predicted octanol–water partition coefficient (Wildman–Crippen LogP) is 1.60. The number of amides is 1. The van der Waals surface area contributed by atoms with Crippen LogP contribution >= 0.6 is 11.3 Å². The van der Waals surface area contributed by atoms with Gasteiger partial charge in [-0.25, -0.2) is 9.67 Å². The summed E-state index contributed by atoms with van der Waals surface area (Å²) in [6.45, 7) is 2.42. The van der Waals surface area contributed by atoms with Gasteiger partial charge in [-0.05, 0) is 31.2 Å². The minimum absolute atomic E-state index is 0.182. The van der Waals surface area contributed by atoms with Crippen molar-refractivity contribution in [2.75, 3.05) is 27.4 Å². The van der Waals surface area contributed by atoms with Crippen molar-refractivity contribution in [2.24, 2.45) is 0 Å². The fourth-order valence-electron chi connectivity index (χ4n) is 2.60. The normalized spacial score (nSPS) is 10.9. The van der Waals surface area contributed by atoms with Gasteiger partial charge in [0.25, 0.3) is 5.56 Å². The van der Waals surface area contributed by atoms with Crippen molar-refractivity contribution in [3.05, 3.63) is 39.6 Å². The zero-order valence-corrected chi connectivity index (χ0v) is 16.1. The predicted molar refractivity (Wildman–Crippen MR) is 103 cm³/mol. The molecule has 1 amide bonds. The van der Waals surface area contributed by atoms with Crippen LogP contribution in [0.1, 0.15) is 5.01 Å². The first-order valence-electron chi connectivity index (χ1n) is 8.31. The number of thiazole rings is 1. The largest absolute Gasteiger partial charge is 0.497 e. The van der Waals surface area contributed by atoms with Crippen molar-refractivity contribution in [1.82, 2.24) is 20.1 Å². The molecule has 8 nitrogen and oxygen atoms in total. The number of aryl methyl sites for hydroxylation is 1. The van der Waals surface area contributed by atoms with Gasteiger partial charge in [0.2, 0.25) is 5.91 Å². The molecular formula is C18H20N4O4S. The lowest BCUT2D eigenvalue weighted by atomic mass is 10.1.